The van der Waals surface area contributed by atoms with Crippen LogP contribution in [0.25, 0.3) is 10.9 Å². The Labute approximate surface area is 110 Å². The highest BCUT2D eigenvalue weighted by molar-refractivity contribution is 5.97. The van der Waals surface area contributed by atoms with Crippen molar-refractivity contribution in [2.24, 2.45) is 4.99 Å². The fraction of sp³-hybridized carbons (Fsp3) is 0.308. The van der Waals surface area contributed by atoms with E-state index in [0.717, 1.165) is 17.3 Å². The average molecular weight is 257 g/mol. The number of nitrogens with two attached hydrogens (primary N) is 2. The minimum atomic E-state index is 0.182. The van der Waals surface area contributed by atoms with Crippen molar-refractivity contribution in [1.82, 2.24) is 9.97 Å². The summed E-state index contributed by atoms with van der Waals surface area (Å²) in [6.45, 7) is 2.65. The van der Waals surface area contributed by atoms with Crippen LogP contribution in [0.3, 0.4) is 0 Å². The number of anilines is 2. The Balaban J connectivity index is 2.09. The lowest BCUT2D eigenvalue weighted by molar-refractivity contribution is 0.313. The van der Waals surface area contributed by atoms with Gasteiger partial charge in [-0.05, 0) is 24.6 Å². The SMILES string of the molecule is CCC1COC(c2nc(N)c3cc(N)ccc3n2)=N1. The molecule has 1 atom stereocenters. The maximum atomic E-state index is 5.94. The Kier molecular flexibility index (Phi) is 2.70. The molecule has 0 saturated carbocycles. The molecule has 2 heterocycles. The van der Waals surface area contributed by atoms with Gasteiger partial charge in [-0.3, -0.25) is 0 Å². The number of ether oxygens (including phenoxy) is 1. The summed E-state index contributed by atoms with van der Waals surface area (Å²) >= 11 is 0. The van der Waals surface area contributed by atoms with Crippen LogP contribution in [0.4, 0.5) is 11.5 Å². The lowest BCUT2D eigenvalue weighted by Crippen LogP contribution is -2.09. The average Bonchev–Trinajstić information content (AvgIpc) is 2.88. The standard InChI is InChI=1S/C13H15N5O/c1-2-8-6-19-13(16-8)12-17-10-4-3-7(14)5-9(10)11(15)18-12/h3-5,8H,2,6,14H2,1H3,(H2,15,17,18). The second-order valence-corrected chi connectivity index (χ2v) is 4.52. The number of aromatic nitrogens is 2. The summed E-state index contributed by atoms with van der Waals surface area (Å²) < 4.78 is 5.51. The molecule has 1 aliphatic heterocycles. The molecular formula is C13H15N5O. The summed E-state index contributed by atoms with van der Waals surface area (Å²) in [6.07, 6.45) is 0.934. The maximum Gasteiger partial charge on any atom is 0.255 e. The van der Waals surface area contributed by atoms with E-state index in [1.54, 1.807) is 12.1 Å². The van der Waals surface area contributed by atoms with Gasteiger partial charge in [0.05, 0.1) is 11.6 Å². The molecule has 2 aromatic rings. The zero-order valence-electron chi connectivity index (χ0n) is 10.6. The molecule has 0 amide bonds. The molecule has 0 radical (unpaired) electrons. The Morgan fingerprint density at radius 2 is 2.16 bits per heavy atom. The highest BCUT2D eigenvalue weighted by Crippen LogP contribution is 2.22. The predicted octanol–water partition coefficient (Wildman–Crippen LogP) is 1.35. The van der Waals surface area contributed by atoms with Crippen molar-refractivity contribution in [1.29, 1.82) is 0 Å². The van der Waals surface area contributed by atoms with Crippen molar-refractivity contribution in [3.8, 4) is 0 Å². The minimum Gasteiger partial charge on any atom is -0.473 e. The number of rotatable bonds is 2. The summed E-state index contributed by atoms with van der Waals surface area (Å²) in [6, 6.07) is 5.55. The molecule has 6 heteroatoms. The Morgan fingerprint density at radius 1 is 1.32 bits per heavy atom. The van der Waals surface area contributed by atoms with Crippen LogP contribution in [-0.4, -0.2) is 28.5 Å². The van der Waals surface area contributed by atoms with E-state index in [-0.39, 0.29) is 6.04 Å². The van der Waals surface area contributed by atoms with E-state index in [0.29, 0.717) is 29.8 Å². The van der Waals surface area contributed by atoms with Gasteiger partial charge in [-0.25, -0.2) is 15.0 Å². The highest BCUT2D eigenvalue weighted by Gasteiger charge is 2.21. The van der Waals surface area contributed by atoms with E-state index in [9.17, 15) is 0 Å². The van der Waals surface area contributed by atoms with Crippen LogP contribution >= 0.6 is 0 Å². The Bertz CT molecular complexity index is 667. The quantitative estimate of drug-likeness (QED) is 0.791. The van der Waals surface area contributed by atoms with Gasteiger partial charge in [-0.1, -0.05) is 6.92 Å². The molecule has 1 unspecified atom stereocenters. The first-order chi connectivity index (χ1) is 9.17. The predicted molar refractivity (Wildman–Crippen MR) is 74.9 cm³/mol. The number of fused-ring (bicyclic) bond motifs is 1. The van der Waals surface area contributed by atoms with Gasteiger partial charge in [0.1, 0.15) is 12.4 Å². The summed E-state index contributed by atoms with van der Waals surface area (Å²) in [7, 11) is 0. The van der Waals surface area contributed by atoms with Gasteiger partial charge in [0.2, 0.25) is 5.82 Å². The first-order valence-electron chi connectivity index (χ1n) is 6.21. The summed E-state index contributed by atoms with van der Waals surface area (Å²) in [5.74, 6) is 1.29. The normalized spacial score (nSPS) is 18.4. The maximum absolute atomic E-state index is 5.94. The third-order valence-corrected chi connectivity index (χ3v) is 3.12. The van der Waals surface area contributed by atoms with Gasteiger partial charge < -0.3 is 16.2 Å². The second kappa shape index (κ2) is 4.38. The van der Waals surface area contributed by atoms with Crippen LogP contribution in [0.5, 0.6) is 0 Å². The van der Waals surface area contributed by atoms with Gasteiger partial charge in [0, 0.05) is 11.1 Å². The molecule has 98 valence electrons. The smallest absolute Gasteiger partial charge is 0.255 e. The zero-order chi connectivity index (χ0) is 13.4. The molecule has 0 aliphatic carbocycles. The van der Waals surface area contributed by atoms with Crippen LogP contribution in [0.2, 0.25) is 0 Å². The molecule has 0 saturated heterocycles. The molecule has 1 aromatic carbocycles. The molecule has 0 spiro atoms. The van der Waals surface area contributed by atoms with Crippen molar-refractivity contribution in [2.75, 3.05) is 18.1 Å². The van der Waals surface area contributed by atoms with E-state index in [4.69, 9.17) is 16.2 Å². The largest absolute Gasteiger partial charge is 0.473 e. The van der Waals surface area contributed by atoms with Crippen LogP contribution in [-0.2, 0) is 4.74 Å². The monoisotopic (exact) mass is 257 g/mol. The van der Waals surface area contributed by atoms with Gasteiger partial charge in [0.15, 0.2) is 0 Å². The molecule has 4 N–H and O–H groups in total. The molecule has 0 bridgehead atoms. The minimum absolute atomic E-state index is 0.182. The molecule has 1 aromatic heterocycles. The van der Waals surface area contributed by atoms with Crippen LogP contribution in [0, 0.1) is 0 Å². The van der Waals surface area contributed by atoms with E-state index < -0.39 is 0 Å². The van der Waals surface area contributed by atoms with E-state index in [1.807, 2.05) is 6.07 Å². The van der Waals surface area contributed by atoms with Crippen LogP contribution in [0.1, 0.15) is 19.2 Å². The number of hydrogen-bond acceptors (Lipinski definition) is 6. The van der Waals surface area contributed by atoms with Crippen molar-refractivity contribution >= 4 is 28.3 Å². The number of aliphatic imine (C=N–C) groups is 1. The fourth-order valence-electron chi connectivity index (χ4n) is 2.01. The summed E-state index contributed by atoms with van der Waals surface area (Å²) in [5, 5.41) is 0.745. The second-order valence-electron chi connectivity index (χ2n) is 4.52. The van der Waals surface area contributed by atoms with Gasteiger partial charge >= 0.3 is 0 Å². The molecule has 3 rings (SSSR count). The van der Waals surface area contributed by atoms with Gasteiger partial charge in [-0.15, -0.1) is 0 Å². The van der Waals surface area contributed by atoms with Gasteiger partial charge in [-0.2, -0.15) is 0 Å². The molecular weight excluding hydrogens is 242 g/mol. The summed E-state index contributed by atoms with van der Waals surface area (Å²) in [4.78, 5) is 13.1. The fourth-order valence-corrected chi connectivity index (χ4v) is 2.01. The number of benzene rings is 1. The number of hydrogen-bond donors (Lipinski definition) is 2. The van der Waals surface area contributed by atoms with Crippen LogP contribution in [0.15, 0.2) is 23.2 Å². The zero-order valence-corrected chi connectivity index (χ0v) is 10.6. The molecule has 19 heavy (non-hydrogen) atoms. The third-order valence-electron chi connectivity index (χ3n) is 3.12. The number of nitrogen functional groups attached to an aromatic ring is 2. The first kappa shape index (κ1) is 11.7. The summed E-state index contributed by atoms with van der Waals surface area (Å²) in [5.41, 5.74) is 13.0. The van der Waals surface area contributed by atoms with Gasteiger partial charge in [0.25, 0.3) is 5.90 Å². The number of nitrogens with zero attached hydrogens (tertiary/aromatic N) is 3. The topological polar surface area (TPSA) is 99.4 Å². The van der Waals surface area contributed by atoms with E-state index in [2.05, 4.69) is 21.9 Å². The molecule has 1 aliphatic rings. The van der Waals surface area contributed by atoms with Crippen molar-refractivity contribution in [3.63, 3.8) is 0 Å². The van der Waals surface area contributed by atoms with E-state index >= 15 is 0 Å². The molecule has 6 nitrogen and oxygen atoms in total. The van der Waals surface area contributed by atoms with Crippen molar-refractivity contribution in [3.05, 3.63) is 24.0 Å². The highest BCUT2D eigenvalue weighted by atomic mass is 16.5. The Morgan fingerprint density at radius 3 is 2.89 bits per heavy atom. The molecule has 0 fully saturated rings. The lowest BCUT2D eigenvalue weighted by Gasteiger charge is -2.05. The Hall–Kier alpha value is -2.37. The lowest BCUT2D eigenvalue weighted by atomic mass is 10.2. The van der Waals surface area contributed by atoms with Crippen LogP contribution < -0.4 is 11.5 Å². The van der Waals surface area contributed by atoms with Crippen molar-refractivity contribution in [2.45, 2.75) is 19.4 Å². The van der Waals surface area contributed by atoms with E-state index in [1.165, 1.54) is 0 Å². The third kappa shape index (κ3) is 2.05. The first-order valence-corrected chi connectivity index (χ1v) is 6.21. The van der Waals surface area contributed by atoms with Crippen molar-refractivity contribution < 1.29 is 4.74 Å².